The monoisotopic (exact) mass is 426 g/mol. The van der Waals surface area contributed by atoms with Gasteiger partial charge in [-0.05, 0) is 34.2 Å². The summed E-state index contributed by atoms with van der Waals surface area (Å²) in [5, 5.41) is 13.8. The van der Waals surface area contributed by atoms with Crippen LogP contribution in [0.5, 0.6) is 0 Å². The second-order valence-electron chi connectivity index (χ2n) is 7.79. The summed E-state index contributed by atoms with van der Waals surface area (Å²) >= 11 is 0. The first-order valence-corrected chi connectivity index (χ1v) is 10.6. The Kier molecular flexibility index (Phi) is 6.66. The minimum Gasteiger partial charge on any atom is -0.550 e. The highest BCUT2D eigenvalue weighted by Crippen LogP contribution is 2.44. The minimum atomic E-state index is -1.22. The summed E-state index contributed by atoms with van der Waals surface area (Å²) in [6.07, 6.45) is 3.16. The Hall–Kier alpha value is -3.86. The highest BCUT2D eigenvalue weighted by atomic mass is 16.5. The van der Waals surface area contributed by atoms with Crippen molar-refractivity contribution in [3.05, 3.63) is 102 Å². The zero-order valence-electron chi connectivity index (χ0n) is 17.6. The molecule has 0 bridgehead atoms. The van der Waals surface area contributed by atoms with Crippen LogP contribution in [0.25, 0.3) is 17.2 Å². The van der Waals surface area contributed by atoms with Gasteiger partial charge >= 0.3 is 6.09 Å². The predicted octanol–water partition coefficient (Wildman–Crippen LogP) is 4.14. The molecule has 3 aromatic rings. The summed E-state index contributed by atoms with van der Waals surface area (Å²) in [6.45, 7) is 0.178. The average molecular weight is 426 g/mol. The topological polar surface area (TPSA) is 78.5 Å². The average Bonchev–Trinajstić information content (AvgIpc) is 3.12. The quantitative estimate of drug-likeness (QED) is 0.587. The number of benzene rings is 3. The molecule has 0 heterocycles. The molecule has 1 atom stereocenters. The van der Waals surface area contributed by atoms with Crippen molar-refractivity contribution in [3.63, 3.8) is 0 Å². The lowest BCUT2D eigenvalue weighted by Crippen LogP contribution is -2.40. The molecular weight excluding hydrogens is 402 g/mol. The van der Waals surface area contributed by atoms with E-state index >= 15 is 0 Å². The fourth-order valence-corrected chi connectivity index (χ4v) is 4.13. The van der Waals surface area contributed by atoms with Crippen molar-refractivity contribution in [2.75, 3.05) is 6.61 Å². The Morgan fingerprint density at radius 1 is 0.906 bits per heavy atom. The first-order chi connectivity index (χ1) is 15.6. The predicted molar refractivity (Wildman–Crippen MR) is 122 cm³/mol. The third-order valence-corrected chi connectivity index (χ3v) is 5.61. The number of nitrogens with one attached hydrogen (secondary N) is 1. The molecule has 0 fully saturated rings. The van der Waals surface area contributed by atoms with Crippen LogP contribution in [0.3, 0.4) is 0 Å². The number of carbonyl (C=O) groups excluding carboxylic acids is 2. The Morgan fingerprint density at radius 2 is 1.50 bits per heavy atom. The number of carbonyl (C=O) groups is 2. The van der Waals surface area contributed by atoms with Crippen LogP contribution in [-0.4, -0.2) is 24.7 Å². The smallest absolute Gasteiger partial charge is 0.407 e. The lowest BCUT2D eigenvalue weighted by molar-refractivity contribution is -0.306. The van der Waals surface area contributed by atoms with Crippen molar-refractivity contribution >= 4 is 18.1 Å². The zero-order valence-corrected chi connectivity index (χ0v) is 17.6. The molecular formula is C27H24NO4-. The summed E-state index contributed by atoms with van der Waals surface area (Å²) < 4.78 is 5.53. The van der Waals surface area contributed by atoms with Crippen LogP contribution in [0.2, 0.25) is 0 Å². The van der Waals surface area contributed by atoms with E-state index in [0.717, 1.165) is 27.8 Å². The maximum absolute atomic E-state index is 12.5. The van der Waals surface area contributed by atoms with Crippen molar-refractivity contribution in [2.24, 2.45) is 0 Å². The highest BCUT2D eigenvalue weighted by Gasteiger charge is 2.29. The Labute approximate surface area is 187 Å². The molecule has 5 heteroatoms. The molecule has 0 radical (unpaired) electrons. The first-order valence-electron chi connectivity index (χ1n) is 10.6. The van der Waals surface area contributed by atoms with Gasteiger partial charge in [-0.2, -0.15) is 0 Å². The normalized spacial score (nSPS) is 13.4. The van der Waals surface area contributed by atoms with Crippen LogP contribution < -0.4 is 10.4 Å². The van der Waals surface area contributed by atoms with Crippen molar-refractivity contribution < 1.29 is 19.4 Å². The molecule has 162 valence electrons. The second-order valence-corrected chi connectivity index (χ2v) is 7.79. The van der Waals surface area contributed by atoms with Gasteiger partial charge in [0.1, 0.15) is 6.61 Å². The number of amides is 1. The third kappa shape index (κ3) is 5.06. The molecule has 32 heavy (non-hydrogen) atoms. The molecule has 0 saturated heterocycles. The molecule has 4 rings (SSSR count). The van der Waals surface area contributed by atoms with Gasteiger partial charge in [-0.3, -0.25) is 0 Å². The van der Waals surface area contributed by atoms with Crippen LogP contribution in [-0.2, 0) is 9.53 Å². The third-order valence-electron chi connectivity index (χ3n) is 5.61. The molecule has 1 N–H and O–H groups in total. The lowest BCUT2D eigenvalue weighted by Gasteiger charge is -2.19. The van der Waals surface area contributed by atoms with E-state index in [1.54, 1.807) is 0 Å². The van der Waals surface area contributed by atoms with Gasteiger partial charge in [0.25, 0.3) is 0 Å². The van der Waals surface area contributed by atoms with Gasteiger partial charge < -0.3 is 20.0 Å². The molecule has 0 unspecified atom stereocenters. The fraction of sp³-hybridized carbons (Fsp3) is 0.185. The van der Waals surface area contributed by atoms with E-state index < -0.39 is 18.1 Å². The first kappa shape index (κ1) is 21.4. The summed E-state index contributed by atoms with van der Waals surface area (Å²) in [5.74, 6) is -1.27. The number of alkyl carbamates (subject to hydrolysis) is 1. The van der Waals surface area contributed by atoms with E-state index in [-0.39, 0.29) is 18.9 Å². The maximum atomic E-state index is 12.5. The molecule has 0 aromatic heterocycles. The SMILES string of the molecule is O=C([O-])C[C@@H](C/C=C/c1ccccc1)NC(=O)OCC1c2ccccc2-c2ccccc21. The molecule has 0 saturated carbocycles. The van der Waals surface area contributed by atoms with Crippen molar-refractivity contribution in [2.45, 2.75) is 24.8 Å². The molecule has 1 amide bonds. The Balaban J connectivity index is 1.38. The van der Waals surface area contributed by atoms with Crippen LogP contribution >= 0.6 is 0 Å². The fourth-order valence-electron chi connectivity index (χ4n) is 4.13. The van der Waals surface area contributed by atoms with Gasteiger partial charge in [0, 0.05) is 24.3 Å². The van der Waals surface area contributed by atoms with E-state index in [9.17, 15) is 14.7 Å². The summed E-state index contributed by atoms with van der Waals surface area (Å²) in [7, 11) is 0. The zero-order chi connectivity index (χ0) is 22.3. The van der Waals surface area contributed by atoms with Crippen LogP contribution in [0, 0.1) is 0 Å². The van der Waals surface area contributed by atoms with Gasteiger partial charge in [0.15, 0.2) is 0 Å². The summed E-state index contributed by atoms with van der Waals surface area (Å²) in [4.78, 5) is 23.6. The van der Waals surface area contributed by atoms with Crippen molar-refractivity contribution in [3.8, 4) is 11.1 Å². The van der Waals surface area contributed by atoms with Crippen LogP contribution in [0.4, 0.5) is 4.79 Å². The van der Waals surface area contributed by atoms with E-state index in [2.05, 4.69) is 29.6 Å². The number of carboxylic acid groups (broad SMARTS) is 1. The summed E-state index contributed by atoms with van der Waals surface area (Å²) in [6, 6.07) is 25.3. The molecule has 5 nitrogen and oxygen atoms in total. The second kappa shape index (κ2) is 9.96. The van der Waals surface area contributed by atoms with Crippen molar-refractivity contribution in [1.29, 1.82) is 0 Å². The molecule has 3 aromatic carbocycles. The highest BCUT2D eigenvalue weighted by molar-refractivity contribution is 5.79. The number of hydrogen-bond acceptors (Lipinski definition) is 4. The van der Waals surface area contributed by atoms with Crippen LogP contribution in [0.15, 0.2) is 84.9 Å². The summed E-state index contributed by atoms with van der Waals surface area (Å²) in [5.41, 5.74) is 5.55. The molecule has 0 spiro atoms. The standard InChI is InChI=1S/C27H25NO4/c29-26(30)17-20(12-8-11-19-9-2-1-3-10-19)28-27(31)32-18-25-23-15-6-4-13-21(23)22-14-5-7-16-24(22)25/h1-11,13-16,20,25H,12,17-18H2,(H,28,31)(H,29,30)/p-1/b11-8+/t20-/m1/s1. The number of hydrogen-bond donors (Lipinski definition) is 1. The van der Waals surface area contributed by atoms with Gasteiger partial charge in [0.05, 0.1) is 0 Å². The minimum absolute atomic E-state index is 0.0503. The van der Waals surface area contributed by atoms with E-state index in [1.807, 2.05) is 66.7 Å². The maximum Gasteiger partial charge on any atom is 0.407 e. The van der Waals surface area contributed by atoms with Crippen LogP contribution in [0.1, 0.15) is 35.4 Å². The molecule has 1 aliphatic rings. The number of aliphatic carboxylic acids is 1. The van der Waals surface area contributed by atoms with Gasteiger partial charge in [0.2, 0.25) is 0 Å². The number of rotatable bonds is 8. The molecule has 0 aliphatic heterocycles. The Bertz CT molecular complexity index is 1080. The number of ether oxygens (including phenoxy) is 1. The van der Waals surface area contributed by atoms with E-state index in [1.165, 1.54) is 0 Å². The lowest BCUT2D eigenvalue weighted by atomic mass is 9.98. The molecule has 1 aliphatic carbocycles. The van der Waals surface area contributed by atoms with Gasteiger partial charge in [-0.15, -0.1) is 0 Å². The number of fused-ring (bicyclic) bond motifs is 3. The largest absolute Gasteiger partial charge is 0.550 e. The van der Waals surface area contributed by atoms with Gasteiger partial charge in [-0.1, -0.05) is 91.0 Å². The van der Waals surface area contributed by atoms with Gasteiger partial charge in [-0.25, -0.2) is 4.79 Å². The van der Waals surface area contributed by atoms with E-state index in [4.69, 9.17) is 4.74 Å². The Morgan fingerprint density at radius 3 is 2.12 bits per heavy atom. The van der Waals surface area contributed by atoms with Crippen molar-refractivity contribution in [1.82, 2.24) is 5.32 Å². The number of carboxylic acids is 1. The van der Waals surface area contributed by atoms with E-state index in [0.29, 0.717) is 6.42 Å².